The van der Waals surface area contributed by atoms with Gasteiger partial charge in [0.15, 0.2) is 0 Å². The third kappa shape index (κ3) is 3.24. The smallest absolute Gasteiger partial charge is 0.303 e. The van der Waals surface area contributed by atoms with Gasteiger partial charge in [0.1, 0.15) is 0 Å². The molecule has 1 saturated carbocycles. The van der Waals surface area contributed by atoms with E-state index < -0.39 is 30.7 Å². The average molecular weight is 206 g/mol. The van der Waals surface area contributed by atoms with E-state index in [0.717, 1.165) is 19.3 Å². The van der Waals surface area contributed by atoms with Gasteiger partial charge in [-0.25, -0.2) is 8.78 Å². The van der Waals surface area contributed by atoms with Crippen LogP contribution in [0.15, 0.2) is 0 Å². The van der Waals surface area contributed by atoms with Gasteiger partial charge in [-0.3, -0.25) is 4.79 Å². The van der Waals surface area contributed by atoms with Crippen molar-refractivity contribution >= 4 is 5.97 Å². The predicted octanol–water partition coefficient (Wildman–Crippen LogP) is 3.07. The minimum absolute atomic E-state index is 0.427. The largest absolute Gasteiger partial charge is 0.481 e. The van der Waals surface area contributed by atoms with Crippen LogP contribution in [0.4, 0.5) is 8.78 Å². The molecule has 0 aliphatic heterocycles. The first-order valence-corrected chi connectivity index (χ1v) is 5.12. The summed E-state index contributed by atoms with van der Waals surface area (Å²) < 4.78 is 26.8. The van der Waals surface area contributed by atoms with Gasteiger partial charge in [-0.15, -0.1) is 0 Å². The summed E-state index contributed by atoms with van der Waals surface area (Å²) in [6.45, 7) is 0. The van der Waals surface area contributed by atoms with Crippen LogP contribution in [0.2, 0.25) is 0 Å². The van der Waals surface area contributed by atoms with Crippen molar-refractivity contribution in [2.24, 2.45) is 5.92 Å². The van der Waals surface area contributed by atoms with E-state index in [0.29, 0.717) is 12.8 Å². The number of hydrogen-bond acceptors (Lipinski definition) is 1. The summed E-state index contributed by atoms with van der Waals surface area (Å²) in [5, 5.41) is 8.34. The fraction of sp³-hybridized carbons (Fsp3) is 0.900. The van der Waals surface area contributed by atoms with Crippen LogP contribution in [0.5, 0.6) is 0 Å². The van der Waals surface area contributed by atoms with Crippen LogP contribution < -0.4 is 0 Å². The topological polar surface area (TPSA) is 37.3 Å². The predicted molar refractivity (Wildman–Crippen MR) is 48.4 cm³/mol. The molecule has 1 aliphatic carbocycles. The fourth-order valence-electron chi connectivity index (χ4n) is 2.00. The summed E-state index contributed by atoms with van der Waals surface area (Å²) in [6, 6.07) is 0. The molecule has 0 amide bonds. The monoisotopic (exact) mass is 206 g/mol. The summed E-state index contributed by atoms with van der Waals surface area (Å²) in [4.78, 5) is 10.2. The number of rotatable bonds is 4. The molecule has 4 heteroatoms. The number of carbonyl (C=O) groups is 1. The van der Waals surface area contributed by atoms with E-state index in [9.17, 15) is 13.6 Å². The number of aliphatic carboxylic acids is 1. The maximum Gasteiger partial charge on any atom is 0.303 e. The van der Waals surface area contributed by atoms with Crippen LogP contribution in [-0.2, 0) is 4.79 Å². The zero-order valence-electron chi connectivity index (χ0n) is 8.14. The number of alkyl halides is 2. The zero-order chi connectivity index (χ0) is 10.6. The first kappa shape index (κ1) is 11.4. The van der Waals surface area contributed by atoms with Gasteiger partial charge in [-0.05, 0) is 12.8 Å². The number of halogens is 2. The summed E-state index contributed by atoms with van der Waals surface area (Å²) in [7, 11) is 0. The lowest BCUT2D eigenvalue weighted by atomic mass is 9.83. The molecule has 0 aromatic heterocycles. The van der Waals surface area contributed by atoms with Gasteiger partial charge in [-0.1, -0.05) is 19.3 Å². The molecule has 1 aliphatic rings. The van der Waals surface area contributed by atoms with E-state index in [-0.39, 0.29) is 0 Å². The van der Waals surface area contributed by atoms with Gasteiger partial charge in [0.25, 0.3) is 5.92 Å². The van der Waals surface area contributed by atoms with E-state index in [1.165, 1.54) is 0 Å². The second-order valence-corrected chi connectivity index (χ2v) is 3.99. The first-order chi connectivity index (χ1) is 6.52. The summed E-state index contributed by atoms with van der Waals surface area (Å²) in [5.41, 5.74) is 0. The molecule has 2 nitrogen and oxygen atoms in total. The van der Waals surface area contributed by atoms with Crippen molar-refractivity contribution in [2.45, 2.75) is 50.9 Å². The molecule has 1 rings (SSSR count). The van der Waals surface area contributed by atoms with E-state index in [1.807, 2.05) is 0 Å². The van der Waals surface area contributed by atoms with Crippen LogP contribution in [-0.4, -0.2) is 17.0 Å². The van der Waals surface area contributed by atoms with Gasteiger partial charge in [0.05, 0.1) is 6.42 Å². The normalized spacial score (nSPS) is 19.6. The molecular formula is C10H16F2O2. The summed E-state index contributed by atoms with van der Waals surface area (Å²) in [5.74, 6) is -4.50. The summed E-state index contributed by atoms with van der Waals surface area (Å²) >= 11 is 0. The highest BCUT2D eigenvalue weighted by Crippen LogP contribution is 2.39. The Labute approximate surface area is 82.3 Å². The van der Waals surface area contributed by atoms with Crippen LogP contribution in [0, 0.1) is 5.92 Å². The van der Waals surface area contributed by atoms with Gasteiger partial charge in [-0.2, -0.15) is 0 Å². The lowest BCUT2D eigenvalue weighted by Crippen LogP contribution is -2.30. The molecule has 0 bridgehead atoms. The van der Waals surface area contributed by atoms with Crippen molar-refractivity contribution in [2.75, 3.05) is 0 Å². The highest BCUT2D eigenvalue weighted by molar-refractivity contribution is 5.66. The maximum atomic E-state index is 13.4. The molecule has 0 spiro atoms. The number of carboxylic acids is 1. The summed E-state index contributed by atoms with van der Waals surface area (Å²) in [6.07, 6.45) is 2.90. The van der Waals surface area contributed by atoms with Gasteiger partial charge < -0.3 is 5.11 Å². The Morgan fingerprint density at radius 1 is 1.29 bits per heavy atom. The average Bonchev–Trinajstić information content (AvgIpc) is 2.16. The van der Waals surface area contributed by atoms with Crippen LogP contribution in [0.3, 0.4) is 0 Å². The quantitative estimate of drug-likeness (QED) is 0.767. The molecule has 14 heavy (non-hydrogen) atoms. The molecule has 0 unspecified atom stereocenters. The Balaban J connectivity index is 2.41. The SMILES string of the molecule is O=C(O)CCC(F)(F)C1CCCCC1. The number of carboxylic acid groups (broad SMARTS) is 1. The van der Waals surface area contributed by atoms with Gasteiger partial charge in [0, 0.05) is 12.3 Å². The van der Waals surface area contributed by atoms with Crippen molar-refractivity contribution < 1.29 is 18.7 Å². The van der Waals surface area contributed by atoms with Crippen LogP contribution in [0.25, 0.3) is 0 Å². The van der Waals surface area contributed by atoms with E-state index >= 15 is 0 Å². The van der Waals surface area contributed by atoms with Crippen molar-refractivity contribution in [3.63, 3.8) is 0 Å². The van der Waals surface area contributed by atoms with Crippen molar-refractivity contribution in [1.29, 1.82) is 0 Å². The molecule has 1 fully saturated rings. The molecule has 0 aromatic rings. The molecule has 0 radical (unpaired) electrons. The molecule has 0 aromatic carbocycles. The van der Waals surface area contributed by atoms with E-state index in [2.05, 4.69) is 0 Å². The zero-order valence-corrected chi connectivity index (χ0v) is 8.14. The van der Waals surface area contributed by atoms with E-state index in [1.54, 1.807) is 0 Å². The lowest BCUT2D eigenvalue weighted by Gasteiger charge is -2.29. The van der Waals surface area contributed by atoms with Crippen molar-refractivity contribution in [3.05, 3.63) is 0 Å². The number of hydrogen-bond donors (Lipinski definition) is 1. The Morgan fingerprint density at radius 3 is 2.36 bits per heavy atom. The maximum absolute atomic E-state index is 13.4. The lowest BCUT2D eigenvalue weighted by molar-refractivity contribution is -0.141. The molecule has 0 heterocycles. The molecule has 0 saturated heterocycles. The third-order valence-corrected chi connectivity index (χ3v) is 2.87. The second kappa shape index (κ2) is 4.71. The van der Waals surface area contributed by atoms with Gasteiger partial charge in [0.2, 0.25) is 0 Å². The Morgan fingerprint density at radius 2 is 1.86 bits per heavy atom. The minimum Gasteiger partial charge on any atom is -0.481 e. The standard InChI is InChI=1S/C10H16F2O2/c11-10(12,7-6-9(13)14)8-4-2-1-3-5-8/h8H,1-7H2,(H,13,14). The Bertz CT molecular complexity index is 198. The highest BCUT2D eigenvalue weighted by atomic mass is 19.3. The van der Waals surface area contributed by atoms with E-state index in [4.69, 9.17) is 5.11 Å². The molecular weight excluding hydrogens is 190 g/mol. The first-order valence-electron chi connectivity index (χ1n) is 5.12. The van der Waals surface area contributed by atoms with Crippen molar-refractivity contribution in [3.8, 4) is 0 Å². The van der Waals surface area contributed by atoms with Crippen LogP contribution >= 0.6 is 0 Å². The molecule has 82 valence electrons. The molecule has 0 atom stereocenters. The minimum atomic E-state index is -2.78. The Hall–Kier alpha value is -0.670. The highest BCUT2D eigenvalue weighted by Gasteiger charge is 2.39. The van der Waals surface area contributed by atoms with Crippen molar-refractivity contribution in [1.82, 2.24) is 0 Å². The van der Waals surface area contributed by atoms with Gasteiger partial charge >= 0.3 is 5.97 Å². The molecule has 1 N–H and O–H groups in total. The Kier molecular flexibility index (Phi) is 3.84. The fourth-order valence-corrected chi connectivity index (χ4v) is 2.00. The third-order valence-electron chi connectivity index (χ3n) is 2.87. The second-order valence-electron chi connectivity index (χ2n) is 3.99. The van der Waals surface area contributed by atoms with Crippen LogP contribution in [0.1, 0.15) is 44.9 Å².